The number of halogens is 2. The van der Waals surface area contributed by atoms with E-state index in [1.165, 1.54) is 4.68 Å². The van der Waals surface area contributed by atoms with E-state index in [-0.39, 0.29) is 5.69 Å². The summed E-state index contributed by atoms with van der Waals surface area (Å²) in [5.41, 5.74) is 9.16. The Morgan fingerprint density at radius 1 is 1.09 bits per heavy atom. The fraction of sp³-hybridized carbons (Fsp3) is 0.0909. The van der Waals surface area contributed by atoms with Gasteiger partial charge in [0.05, 0.1) is 33.8 Å². The minimum absolute atomic E-state index is 0.0283. The van der Waals surface area contributed by atoms with Crippen molar-refractivity contribution < 1.29 is 4.79 Å². The highest BCUT2D eigenvalue weighted by atomic mass is 35.5. The van der Waals surface area contributed by atoms with Crippen molar-refractivity contribution in [3.63, 3.8) is 0 Å². The second kappa shape index (κ2) is 8.40. The number of anilines is 2. The Labute approximate surface area is 203 Å². The molecule has 1 amide bonds. The van der Waals surface area contributed by atoms with Crippen molar-refractivity contribution in [3.05, 3.63) is 76.0 Å². The number of aryl methyl sites for hydroxylation is 2. The summed E-state index contributed by atoms with van der Waals surface area (Å²) in [6.07, 6.45) is 3.20. The number of nitrogens with two attached hydrogens (primary N) is 1. The molecule has 5 aromatic rings. The van der Waals surface area contributed by atoms with Crippen molar-refractivity contribution in [3.8, 4) is 17.2 Å². The van der Waals surface area contributed by atoms with Crippen LogP contribution in [-0.2, 0) is 0 Å². The third-order valence-electron chi connectivity index (χ3n) is 5.07. The molecule has 34 heavy (non-hydrogen) atoms. The van der Waals surface area contributed by atoms with Crippen molar-refractivity contribution in [2.45, 2.75) is 13.8 Å². The summed E-state index contributed by atoms with van der Waals surface area (Å²) >= 11 is 12.6. The number of pyridine rings is 1. The monoisotopic (exact) mass is 493 g/mol. The summed E-state index contributed by atoms with van der Waals surface area (Å²) in [5.74, 6) is 0.628. The van der Waals surface area contributed by atoms with Crippen LogP contribution in [0.4, 0.5) is 11.4 Å². The molecule has 0 saturated heterocycles. The summed E-state index contributed by atoms with van der Waals surface area (Å²) in [5, 5.41) is 16.6. The van der Waals surface area contributed by atoms with Gasteiger partial charge in [-0.2, -0.15) is 5.10 Å². The number of nitrogens with one attached hydrogen (secondary N) is 1. The first-order chi connectivity index (χ1) is 16.3. The van der Waals surface area contributed by atoms with Crippen LogP contribution in [0.25, 0.3) is 22.9 Å². The molecule has 3 N–H and O–H groups in total. The topological polar surface area (TPSA) is 129 Å². The molecule has 12 heteroatoms. The van der Waals surface area contributed by atoms with E-state index in [1.807, 2.05) is 24.3 Å². The highest BCUT2D eigenvalue weighted by Crippen LogP contribution is 2.30. The van der Waals surface area contributed by atoms with E-state index in [4.69, 9.17) is 28.9 Å². The van der Waals surface area contributed by atoms with Gasteiger partial charge in [0.2, 0.25) is 0 Å². The van der Waals surface area contributed by atoms with Crippen molar-refractivity contribution in [2.24, 2.45) is 5.73 Å². The second-order valence-corrected chi connectivity index (χ2v) is 8.30. The third-order valence-corrected chi connectivity index (χ3v) is 5.68. The Morgan fingerprint density at radius 2 is 1.85 bits per heavy atom. The fourth-order valence-electron chi connectivity index (χ4n) is 3.62. The molecule has 4 heterocycles. The number of rotatable bonds is 5. The van der Waals surface area contributed by atoms with Crippen molar-refractivity contribution in [1.82, 2.24) is 34.3 Å². The first kappa shape index (κ1) is 21.8. The van der Waals surface area contributed by atoms with Crippen LogP contribution in [-0.4, -0.2) is 40.3 Å². The van der Waals surface area contributed by atoms with Crippen LogP contribution in [0.5, 0.6) is 0 Å². The van der Waals surface area contributed by atoms with Crippen LogP contribution in [0.2, 0.25) is 10.0 Å². The van der Waals surface area contributed by atoms with E-state index in [2.05, 4.69) is 30.6 Å². The molecule has 0 aliphatic carbocycles. The molecule has 0 aliphatic heterocycles. The zero-order valence-corrected chi connectivity index (χ0v) is 19.5. The molecule has 0 atom stereocenters. The molecule has 0 spiro atoms. The van der Waals surface area contributed by atoms with Gasteiger partial charge in [-0.3, -0.25) is 14.2 Å². The number of hydrogen-bond acceptors (Lipinski definition) is 7. The number of aromatic nitrogens is 7. The number of carbonyl (C=O) groups is 1. The molecule has 4 aromatic heterocycles. The molecule has 0 radical (unpaired) electrons. The van der Waals surface area contributed by atoms with Gasteiger partial charge in [0.1, 0.15) is 17.2 Å². The normalized spacial score (nSPS) is 11.2. The van der Waals surface area contributed by atoms with Gasteiger partial charge in [-0.25, -0.2) is 9.67 Å². The largest absolute Gasteiger partial charge is 0.364 e. The Hall–Kier alpha value is -4.02. The van der Waals surface area contributed by atoms with Gasteiger partial charge in [0.25, 0.3) is 5.91 Å². The highest BCUT2D eigenvalue weighted by Gasteiger charge is 2.19. The lowest BCUT2D eigenvalue weighted by Crippen LogP contribution is -2.14. The van der Waals surface area contributed by atoms with E-state index in [9.17, 15) is 4.79 Å². The number of fused-ring (bicyclic) bond motifs is 1. The zero-order valence-electron chi connectivity index (χ0n) is 18.0. The van der Waals surface area contributed by atoms with E-state index in [0.717, 1.165) is 11.5 Å². The fourth-order valence-corrected chi connectivity index (χ4v) is 4.20. The first-order valence-electron chi connectivity index (χ1n) is 10.1. The molecule has 1 aromatic carbocycles. The summed E-state index contributed by atoms with van der Waals surface area (Å²) in [4.78, 5) is 21.0. The maximum atomic E-state index is 12.0. The highest BCUT2D eigenvalue weighted by molar-refractivity contribution is 6.37. The number of amides is 1. The van der Waals surface area contributed by atoms with E-state index < -0.39 is 5.91 Å². The first-order valence-corrected chi connectivity index (χ1v) is 10.8. The van der Waals surface area contributed by atoms with E-state index in [0.29, 0.717) is 44.3 Å². The summed E-state index contributed by atoms with van der Waals surface area (Å²) in [6, 6.07) is 10.5. The molecule has 0 fully saturated rings. The lowest BCUT2D eigenvalue weighted by Gasteiger charge is -2.07. The average Bonchev–Trinajstić information content (AvgIpc) is 3.39. The second-order valence-electron chi connectivity index (χ2n) is 7.49. The van der Waals surface area contributed by atoms with Gasteiger partial charge in [-0.05, 0) is 38.1 Å². The zero-order chi connectivity index (χ0) is 24.0. The molecule has 0 unspecified atom stereocenters. The number of nitrogens with zero attached hydrogens (tertiary/aromatic N) is 7. The maximum absolute atomic E-state index is 12.0. The molecular weight excluding hydrogens is 477 g/mol. The standard InChI is InChI=1S/C22H17Cl2N9O/c1-11-8-18-29-30-22(33(18)12(2)27-11)16-7-6-13(9-26-16)28-17-10-32(31-19(17)21(25)34)20-14(23)4-3-5-15(20)24/h3-10,28H,1-2H3,(H2,25,34). The number of benzene rings is 1. The quantitative estimate of drug-likeness (QED) is 0.376. The van der Waals surface area contributed by atoms with Crippen LogP contribution in [0.1, 0.15) is 22.0 Å². The Bertz CT molecular complexity index is 1540. The van der Waals surface area contributed by atoms with Crippen LogP contribution in [0.3, 0.4) is 0 Å². The van der Waals surface area contributed by atoms with Gasteiger partial charge in [-0.1, -0.05) is 29.3 Å². The molecular formula is C22H17Cl2N9O. The number of primary amides is 1. The molecule has 0 aliphatic rings. The summed E-state index contributed by atoms with van der Waals surface area (Å²) in [7, 11) is 0. The third kappa shape index (κ3) is 3.82. The maximum Gasteiger partial charge on any atom is 0.271 e. The molecule has 0 saturated carbocycles. The molecule has 170 valence electrons. The average molecular weight is 494 g/mol. The predicted octanol–water partition coefficient (Wildman–Crippen LogP) is 4.14. The van der Waals surface area contributed by atoms with Crippen LogP contribution in [0, 0.1) is 13.8 Å². The van der Waals surface area contributed by atoms with Crippen molar-refractivity contribution in [2.75, 3.05) is 5.32 Å². The summed E-state index contributed by atoms with van der Waals surface area (Å²) in [6.45, 7) is 3.79. The van der Waals surface area contributed by atoms with Gasteiger partial charge in [0.15, 0.2) is 17.2 Å². The van der Waals surface area contributed by atoms with Crippen molar-refractivity contribution >= 4 is 46.1 Å². The predicted molar refractivity (Wildman–Crippen MR) is 129 cm³/mol. The number of para-hydroxylation sites is 1. The Morgan fingerprint density at radius 3 is 2.53 bits per heavy atom. The van der Waals surface area contributed by atoms with E-state index >= 15 is 0 Å². The number of carbonyl (C=O) groups excluding carboxylic acids is 1. The lowest BCUT2D eigenvalue weighted by molar-refractivity contribution is 0.0996. The molecule has 10 nitrogen and oxygen atoms in total. The van der Waals surface area contributed by atoms with Crippen LogP contribution in [0.15, 0.2) is 48.8 Å². The minimum Gasteiger partial charge on any atom is -0.364 e. The van der Waals surface area contributed by atoms with Crippen molar-refractivity contribution in [1.29, 1.82) is 0 Å². The SMILES string of the molecule is Cc1cc2nnc(-c3ccc(Nc4cn(-c5c(Cl)cccc5Cl)nc4C(N)=O)cn3)n2c(C)n1. The van der Waals surface area contributed by atoms with Gasteiger partial charge >= 0.3 is 0 Å². The number of hydrogen-bond donors (Lipinski definition) is 2. The minimum atomic E-state index is -0.706. The van der Waals surface area contributed by atoms with Gasteiger partial charge < -0.3 is 11.1 Å². The van der Waals surface area contributed by atoms with Gasteiger partial charge in [-0.15, -0.1) is 10.2 Å². The van der Waals surface area contributed by atoms with Gasteiger partial charge in [0, 0.05) is 11.8 Å². The van der Waals surface area contributed by atoms with Crippen LogP contribution < -0.4 is 11.1 Å². The lowest BCUT2D eigenvalue weighted by atomic mass is 10.3. The summed E-state index contributed by atoms with van der Waals surface area (Å²) < 4.78 is 3.25. The molecule has 0 bridgehead atoms. The van der Waals surface area contributed by atoms with Crippen LogP contribution >= 0.6 is 23.2 Å². The molecule has 5 rings (SSSR count). The Balaban J connectivity index is 1.48. The Kier molecular flexibility index (Phi) is 5.39. The van der Waals surface area contributed by atoms with E-state index in [1.54, 1.807) is 42.7 Å². The smallest absolute Gasteiger partial charge is 0.271 e.